The van der Waals surface area contributed by atoms with Gasteiger partial charge in [0.15, 0.2) is 0 Å². The lowest BCUT2D eigenvalue weighted by Gasteiger charge is -2.10. The summed E-state index contributed by atoms with van der Waals surface area (Å²) in [6.45, 7) is 5.13. The fourth-order valence-corrected chi connectivity index (χ4v) is 3.46. The third kappa shape index (κ3) is 4.57. The molecule has 4 aromatic heterocycles. The second-order valence-corrected chi connectivity index (χ2v) is 7.37. The van der Waals surface area contributed by atoms with Crippen LogP contribution in [0.25, 0.3) is 33.7 Å². The molecule has 4 aromatic rings. The predicted octanol–water partition coefficient (Wildman–Crippen LogP) is 4.72. The largest absolute Gasteiger partial charge is 0.471 e. The molecule has 0 aromatic carbocycles. The number of nitrogens with one attached hydrogen (secondary N) is 1. The molecule has 0 fully saturated rings. The van der Waals surface area contributed by atoms with Crippen LogP contribution in [0.1, 0.15) is 43.1 Å². The molecule has 8 nitrogen and oxygen atoms in total. The summed E-state index contributed by atoms with van der Waals surface area (Å²) in [5.41, 5.74) is 2.60. The third-order valence-electron chi connectivity index (χ3n) is 5.04. The van der Waals surface area contributed by atoms with Crippen molar-refractivity contribution in [1.82, 2.24) is 30.0 Å². The van der Waals surface area contributed by atoms with E-state index in [1.165, 1.54) is 18.3 Å². The van der Waals surface area contributed by atoms with Crippen molar-refractivity contribution in [2.75, 3.05) is 6.54 Å². The van der Waals surface area contributed by atoms with E-state index in [0.29, 0.717) is 35.7 Å². The smallest absolute Gasteiger partial charge is 0.351 e. The predicted molar refractivity (Wildman–Crippen MR) is 114 cm³/mol. The first-order chi connectivity index (χ1) is 15.8. The Bertz CT molecular complexity index is 1300. The molecule has 0 spiro atoms. The summed E-state index contributed by atoms with van der Waals surface area (Å²) in [5.74, 6) is -1.78. The van der Waals surface area contributed by atoms with Gasteiger partial charge >= 0.3 is 12.1 Å². The molecular weight excluding hydrogens is 437 g/mol. The van der Waals surface area contributed by atoms with Crippen LogP contribution in [-0.2, 0) is 12.7 Å². The normalized spacial score (nSPS) is 11.8. The first-order valence-corrected chi connectivity index (χ1v) is 10.5. The van der Waals surface area contributed by atoms with Crippen LogP contribution in [0.5, 0.6) is 0 Å². The Morgan fingerprint density at radius 2 is 1.94 bits per heavy atom. The van der Waals surface area contributed by atoms with Gasteiger partial charge in [-0.15, -0.1) is 0 Å². The second kappa shape index (κ2) is 9.00. The summed E-state index contributed by atoms with van der Waals surface area (Å²) in [5, 5.41) is 7.05. The highest BCUT2D eigenvalue weighted by molar-refractivity contribution is 5.99. The van der Waals surface area contributed by atoms with E-state index in [9.17, 15) is 18.0 Å². The number of pyridine rings is 2. The van der Waals surface area contributed by atoms with Crippen LogP contribution < -0.4 is 5.32 Å². The molecule has 1 amide bonds. The Morgan fingerprint density at radius 3 is 2.64 bits per heavy atom. The number of aryl methyl sites for hydroxylation is 1. The maximum absolute atomic E-state index is 12.8. The van der Waals surface area contributed by atoms with E-state index < -0.39 is 12.1 Å². The fourth-order valence-electron chi connectivity index (χ4n) is 3.46. The number of carbonyl (C=O) groups is 1. The molecule has 0 saturated heterocycles. The molecule has 0 atom stereocenters. The number of rotatable bonds is 7. The van der Waals surface area contributed by atoms with Crippen LogP contribution in [0.4, 0.5) is 13.2 Å². The maximum atomic E-state index is 12.8. The number of aromatic nitrogens is 5. The second-order valence-electron chi connectivity index (χ2n) is 7.37. The van der Waals surface area contributed by atoms with Gasteiger partial charge in [-0.1, -0.05) is 18.5 Å². The van der Waals surface area contributed by atoms with Crippen molar-refractivity contribution in [2.45, 2.75) is 39.4 Å². The maximum Gasteiger partial charge on any atom is 0.471 e. The number of hydrogen-bond acceptors (Lipinski definition) is 6. The fraction of sp³-hybridized carbons (Fsp3) is 0.318. The van der Waals surface area contributed by atoms with Gasteiger partial charge in [-0.05, 0) is 37.6 Å². The Labute approximate surface area is 186 Å². The van der Waals surface area contributed by atoms with Crippen LogP contribution in [0, 0.1) is 0 Å². The summed E-state index contributed by atoms with van der Waals surface area (Å²) >= 11 is 0. The molecule has 0 bridgehead atoms. The minimum absolute atomic E-state index is 0.163. The monoisotopic (exact) mass is 458 g/mol. The van der Waals surface area contributed by atoms with Gasteiger partial charge in [0.2, 0.25) is 5.82 Å². The summed E-state index contributed by atoms with van der Waals surface area (Å²) < 4.78 is 44.6. The van der Waals surface area contributed by atoms with Crippen molar-refractivity contribution in [1.29, 1.82) is 0 Å². The zero-order chi connectivity index (χ0) is 23.6. The number of alkyl halides is 3. The highest BCUT2D eigenvalue weighted by Gasteiger charge is 2.38. The van der Waals surface area contributed by atoms with Crippen LogP contribution >= 0.6 is 0 Å². The number of halogens is 3. The number of nitrogens with zero attached hydrogens (tertiary/aromatic N) is 5. The van der Waals surface area contributed by atoms with Crippen LogP contribution in [0.2, 0.25) is 0 Å². The Kier molecular flexibility index (Phi) is 6.12. The van der Waals surface area contributed by atoms with Crippen LogP contribution in [0.15, 0.2) is 41.2 Å². The molecule has 0 unspecified atom stereocenters. The quantitative estimate of drug-likeness (QED) is 0.430. The van der Waals surface area contributed by atoms with Crippen molar-refractivity contribution in [3.63, 3.8) is 0 Å². The molecule has 4 heterocycles. The first-order valence-electron chi connectivity index (χ1n) is 10.5. The lowest BCUT2D eigenvalue weighted by Crippen LogP contribution is -2.25. The summed E-state index contributed by atoms with van der Waals surface area (Å²) in [4.78, 5) is 24.7. The van der Waals surface area contributed by atoms with Gasteiger partial charge in [0.05, 0.1) is 23.1 Å². The van der Waals surface area contributed by atoms with Crippen LogP contribution in [-0.4, -0.2) is 37.1 Å². The van der Waals surface area contributed by atoms with Crippen molar-refractivity contribution >= 4 is 16.8 Å². The van der Waals surface area contributed by atoms with Gasteiger partial charge in [-0.3, -0.25) is 14.8 Å². The third-order valence-corrected chi connectivity index (χ3v) is 5.04. The standard InChI is InChI=1S/C22H21F3N6O2/c1-3-5-8-31-17(20(32)26-4-2)11-14-10-16(28-12-18(14)31)15-9-13(6-7-27-15)19-29-21(33-30-19)22(23,24)25/h6-7,9-12H,3-5,8H2,1-2H3,(H,26,32). The van der Waals surface area contributed by atoms with Gasteiger partial charge in [-0.25, -0.2) is 0 Å². The van der Waals surface area contributed by atoms with Gasteiger partial charge in [0.1, 0.15) is 5.69 Å². The molecule has 1 N–H and O–H groups in total. The van der Waals surface area contributed by atoms with E-state index in [-0.39, 0.29) is 11.7 Å². The van der Waals surface area contributed by atoms with E-state index in [1.54, 1.807) is 18.3 Å². The number of hydrogen-bond donors (Lipinski definition) is 1. The molecular formula is C22H21F3N6O2. The highest BCUT2D eigenvalue weighted by Crippen LogP contribution is 2.30. The van der Waals surface area contributed by atoms with Crippen molar-refractivity contribution in [2.24, 2.45) is 0 Å². The van der Waals surface area contributed by atoms with Gasteiger partial charge in [0, 0.05) is 30.2 Å². The Hall–Kier alpha value is -3.76. The van der Waals surface area contributed by atoms with Crippen molar-refractivity contribution in [3.8, 4) is 22.8 Å². The molecule has 172 valence electrons. The SMILES string of the molecule is CCCCn1c(C(=O)NCC)cc2cc(-c3cc(-c4noc(C(F)(F)F)n4)ccn3)ncc21. The summed E-state index contributed by atoms with van der Waals surface area (Å²) in [7, 11) is 0. The van der Waals surface area contributed by atoms with E-state index in [2.05, 4.69) is 36.9 Å². The van der Waals surface area contributed by atoms with Gasteiger partial charge in [0.25, 0.3) is 5.91 Å². The minimum Gasteiger partial charge on any atom is -0.351 e. The minimum atomic E-state index is -4.72. The number of fused-ring (bicyclic) bond motifs is 1. The van der Waals surface area contributed by atoms with Crippen molar-refractivity contribution < 1.29 is 22.5 Å². The average molecular weight is 458 g/mol. The van der Waals surface area contributed by atoms with Crippen LogP contribution in [0.3, 0.4) is 0 Å². The van der Waals surface area contributed by atoms with E-state index >= 15 is 0 Å². The number of amides is 1. The molecule has 0 radical (unpaired) electrons. The van der Waals surface area contributed by atoms with Crippen molar-refractivity contribution in [3.05, 3.63) is 48.2 Å². The lowest BCUT2D eigenvalue weighted by atomic mass is 10.1. The first kappa shape index (κ1) is 22.4. The molecule has 4 rings (SSSR count). The number of carbonyl (C=O) groups excluding carboxylic acids is 1. The molecule has 0 aliphatic carbocycles. The molecule has 0 saturated carbocycles. The van der Waals surface area contributed by atoms with E-state index in [4.69, 9.17) is 0 Å². The zero-order valence-corrected chi connectivity index (χ0v) is 18.0. The zero-order valence-electron chi connectivity index (χ0n) is 18.0. The van der Waals surface area contributed by atoms with E-state index in [0.717, 1.165) is 23.7 Å². The Balaban J connectivity index is 1.72. The molecule has 11 heteroatoms. The topological polar surface area (TPSA) is 98.7 Å². The molecule has 33 heavy (non-hydrogen) atoms. The highest BCUT2D eigenvalue weighted by atomic mass is 19.4. The summed E-state index contributed by atoms with van der Waals surface area (Å²) in [6.07, 6.45) is 0.273. The Morgan fingerprint density at radius 1 is 1.15 bits per heavy atom. The average Bonchev–Trinajstić information content (AvgIpc) is 3.43. The van der Waals surface area contributed by atoms with Gasteiger partial charge in [-0.2, -0.15) is 18.2 Å². The molecule has 0 aliphatic rings. The lowest BCUT2D eigenvalue weighted by molar-refractivity contribution is -0.159. The van der Waals surface area contributed by atoms with E-state index in [1.807, 2.05) is 11.5 Å². The number of unbranched alkanes of at least 4 members (excludes halogenated alkanes) is 1. The molecule has 0 aliphatic heterocycles. The van der Waals surface area contributed by atoms with Gasteiger partial charge < -0.3 is 14.4 Å². The summed E-state index contributed by atoms with van der Waals surface area (Å²) in [6, 6.07) is 6.63.